The fourth-order valence-corrected chi connectivity index (χ4v) is 3.31. The van der Waals surface area contributed by atoms with E-state index in [2.05, 4.69) is 68.2 Å². The Bertz CT molecular complexity index is 386. The molecule has 0 radical (unpaired) electrons. The van der Waals surface area contributed by atoms with E-state index in [0.717, 1.165) is 13.1 Å². The molecule has 2 nitrogen and oxygen atoms in total. The van der Waals surface area contributed by atoms with Crippen molar-refractivity contribution in [2.24, 2.45) is 0 Å². The van der Waals surface area contributed by atoms with Crippen molar-refractivity contribution < 1.29 is 0 Å². The van der Waals surface area contributed by atoms with E-state index in [1.54, 1.807) is 0 Å². The maximum absolute atomic E-state index is 3.63. The number of benzene rings is 1. The minimum atomic E-state index is 0.269. The number of nitrogens with one attached hydrogen (secondary N) is 1. The quantitative estimate of drug-likeness (QED) is 0.890. The summed E-state index contributed by atoms with van der Waals surface area (Å²) in [6, 6.07) is 12.0. The van der Waals surface area contributed by atoms with Gasteiger partial charge in [-0.2, -0.15) is 0 Å². The zero-order chi connectivity index (χ0) is 13.9. The normalized spacial score (nSPS) is 25.5. The Balaban J connectivity index is 2.24. The van der Waals surface area contributed by atoms with Crippen LogP contribution in [0.1, 0.15) is 52.1 Å². The Kier molecular flexibility index (Phi) is 4.64. The van der Waals surface area contributed by atoms with Gasteiger partial charge in [0.1, 0.15) is 0 Å². The van der Waals surface area contributed by atoms with Crippen molar-refractivity contribution in [3.63, 3.8) is 0 Å². The summed E-state index contributed by atoms with van der Waals surface area (Å²) in [5.74, 6) is 0. The van der Waals surface area contributed by atoms with Gasteiger partial charge in [-0.05, 0) is 32.8 Å². The third-order valence-electron chi connectivity index (χ3n) is 4.33. The van der Waals surface area contributed by atoms with Crippen LogP contribution in [0.2, 0.25) is 0 Å². The van der Waals surface area contributed by atoms with E-state index >= 15 is 0 Å². The van der Waals surface area contributed by atoms with Crippen LogP contribution < -0.4 is 5.32 Å². The van der Waals surface area contributed by atoms with Crippen molar-refractivity contribution in [2.75, 3.05) is 13.1 Å². The predicted octanol–water partition coefficient (Wildman–Crippen LogP) is 3.60. The molecule has 1 aromatic carbocycles. The first-order valence-corrected chi connectivity index (χ1v) is 7.59. The number of hydrogen-bond acceptors (Lipinski definition) is 2. The molecule has 2 rings (SSSR count). The van der Waals surface area contributed by atoms with Gasteiger partial charge >= 0.3 is 0 Å². The molecule has 0 bridgehead atoms. The Morgan fingerprint density at radius 2 is 1.95 bits per heavy atom. The summed E-state index contributed by atoms with van der Waals surface area (Å²) in [6.07, 6.45) is 2.50. The first-order valence-electron chi connectivity index (χ1n) is 7.59. The maximum atomic E-state index is 3.63. The lowest BCUT2D eigenvalue weighted by Crippen LogP contribution is -2.58. The van der Waals surface area contributed by atoms with Crippen LogP contribution in [0, 0.1) is 0 Å². The molecule has 2 heteroatoms. The van der Waals surface area contributed by atoms with Gasteiger partial charge < -0.3 is 5.32 Å². The molecule has 2 unspecified atom stereocenters. The smallest absolute Gasteiger partial charge is 0.0478 e. The van der Waals surface area contributed by atoms with Crippen LogP contribution in [0.15, 0.2) is 30.3 Å². The highest BCUT2D eigenvalue weighted by atomic mass is 15.3. The molecule has 2 atom stereocenters. The standard InChI is InChI=1S/C17H28N2/c1-5-11-17(3,4)19-13-14(2)18-12-16(19)15-9-7-6-8-10-15/h6-10,14,16,18H,5,11-13H2,1-4H3. The summed E-state index contributed by atoms with van der Waals surface area (Å²) in [7, 11) is 0. The monoisotopic (exact) mass is 260 g/mol. The highest BCUT2D eigenvalue weighted by Gasteiger charge is 2.36. The topological polar surface area (TPSA) is 15.3 Å². The second-order valence-electron chi connectivity index (χ2n) is 6.45. The highest BCUT2D eigenvalue weighted by Crippen LogP contribution is 2.33. The summed E-state index contributed by atoms with van der Waals surface area (Å²) in [5.41, 5.74) is 1.71. The third kappa shape index (κ3) is 3.37. The third-order valence-corrected chi connectivity index (χ3v) is 4.33. The van der Waals surface area contributed by atoms with E-state index in [0.29, 0.717) is 12.1 Å². The second-order valence-corrected chi connectivity index (χ2v) is 6.45. The zero-order valence-corrected chi connectivity index (χ0v) is 12.8. The van der Waals surface area contributed by atoms with Crippen molar-refractivity contribution in [3.8, 4) is 0 Å². The summed E-state index contributed by atoms with van der Waals surface area (Å²) < 4.78 is 0. The largest absolute Gasteiger partial charge is 0.311 e. The van der Waals surface area contributed by atoms with Gasteiger partial charge in [0.25, 0.3) is 0 Å². The molecule has 0 saturated carbocycles. The van der Waals surface area contributed by atoms with Crippen molar-refractivity contribution >= 4 is 0 Å². The van der Waals surface area contributed by atoms with Crippen LogP contribution >= 0.6 is 0 Å². The molecule has 1 saturated heterocycles. The average Bonchev–Trinajstić information content (AvgIpc) is 2.39. The minimum Gasteiger partial charge on any atom is -0.311 e. The van der Waals surface area contributed by atoms with E-state index in [9.17, 15) is 0 Å². The van der Waals surface area contributed by atoms with Gasteiger partial charge in [-0.25, -0.2) is 0 Å². The molecule has 19 heavy (non-hydrogen) atoms. The average molecular weight is 260 g/mol. The molecule has 106 valence electrons. The van der Waals surface area contributed by atoms with Crippen LogP contribution in [-0.4, -0.2) is 29.6 Å². The molecule has 1 heterocycles. The first kappa shape index (κ1) is 14.5. The maximum Gasteiger partial charge on any atom is 0.0478 e. The van der Waals surface area contributed by atoms with E-state index < -0.39 is 0 Å². The van der Waals surface area contributed by atoms with Crippen LogP contribution in [0.4, 0.5) is 0 Å². The molecular weight excluding hydrogens is 232 g/mol. The van der Waals surface area contributed by atoms with E-state index in [-0.39, 0.29) is 5.54 Å². The first-order chi connectivity index (χ1) is 9.04. The number of rotatable bonds is 4. The SMILES string of the molecule is CCCC(C)(C)N1CC(C)NCC1c1ccccc1. The van der Waals surface area contributed by atoms with Gasteiger partial charge in [-0.15, -0.1) is 0 Å². The van der Waals surface area contributed by atoms with E-state index in [1.165, 1.54) is 18.4 Å². The number of piperazine rings is 1. The molecule has 0 spiro atoms. The Hall–Kier alpha value is -0.860. The predicted molar refractivity (Wildman–Crippen MR) is 82.3 cm³/mol. The lowest BCUT2D eigenvalue weighted by Gasteiger charge is -2.49. The van der Waals surface area contributed by atoms with E-state index in [1.807, 2.05) is 0 Å². The summed E-state index contributed by atoms with van der Waals surface area (Å²) in [4.78, 5) is 2.70. The number of nitrogens with zero attached hydrogens (tertiary/aromatic N) is 1. The zero-order valence-electron chi connectivity index (χ0n) is 12.8. The molecule has 1 aromatic rings. The summed E-state index contributed by atoms with van der Waals surface area (Å²) in [6.45, 7) is 11.5. The Morgan fingerprint density at radius 1 is 1.26 bits per heavy atom. The van der Waals surface area contributed by atoms with Gasteiger partial charge in [0.05, 0.1) is 0 Å². The molecule has 0 amide bonds. The van der Waals surface area contributed by atoms with Crippen LogP contribution in [0.25, 0.3) is 0 Å². The van der Waals surface area contributed by atoms with Crippen molar-refractivity contribution in [1.82, 2.24) is 10.2 Å². The van der Waals surface area contributed by atoms with Crippen molar-refractivity contribution in [3.05, 3.63) is 35.9 Å². The molecule has 1 aliphatic heterocycles. The Labute approximate surface area is 118 Å². The fraction of sp³-hybridized carbons (Fsp3) is 0.647. The molecule has 0 aliphatic carbocycles. The second kappa shape index (κ2) is 6.06. The lowest BCUT2D eigenvalue weighted by atomic mass is 9.90. The highest BCUT2D eigenvalue weighted by molar-refractivity contribution is 5.21. The molecular formula is C17H28N2. The van der Waals surface area contributed by atoms with Gasteiger partial charge in [0, 0.05) is 30.7 Å². The fourth-order valence-electron chi connectivity index (χ4n) is 3.31. The molecule has 1 aliphatic rings. The van der Waals surface area contributed by atoms with Crippen LogP contribution in [0.3, 0.4) is 0 Å². The summed E-state index contributed by atoms with van der Waals surface area (Å²) in [5, 5.41) is 3.63. The van der Waals surface area contributed by atoms with Crippen LogP contribution in [-0.2, 0) is 0 Å². The minimum absolute atomic E-state index is 0.269. The van der Waals surface area contributed by atoms with Gasteiger partial charge in [0.15, 0.2) is 0 Å². The van der Waals surface area contributed by atoms with Crippen molar-refractivity contribution in [2.45, 2.75) is 58.2 Å². The van der Waals surface area contributed by atoms with Gasteiger partial charge in [0.2, 0.25) is 0 Å². The molecule has 1 fully saturated rings. The molecule has 1 N–H and O–H groups in total. The van der Waals surface area contributed by atoms with Gasteiger partial charge in [-0.3, -0.25) is 4.90 Å². The Morgan fingerprint density at radius 3 is 2.58 bits per heavy atom. The number of hydrogen-bond donors (Lipinski definition) is 1. The van der Waals surface area contributed by atoms with E-state index in [4.69, 9.17) is 0 Å². The van der Waals surface area contributed by atoms with Crippen LogP contribution in [0.5, 0.6) is 0 Å². The van der Waals surface area contributed by atoms with Crippen molar-refractivity contribution in [1.29, 1.82) is 0 Å². The molecule has 0 aromatic heterocycles. The summed E-state index contributed by atoms with van der Waals surface area (Å²) >= 11 is 0. The van der Waals surface area contributed by atoms with Gasteiger partial charge in [-0.1, -0.05) is 43.7 Å². The lowest BCUT2D eigenvalue weighted by molar-refractivity contribution is 0.0267.